The number of β-amino-alcohol motifs (C(OH)–C–C–N with tert-alkyl or cyclic N) is 1. The van der Waals surface area contributed by atoms with Crippen molar-refractivity contribution in [1.29, 1.82) is 0 Å². The van der Waals surface area contributed by atoms with E-state index in [9.17, 15) is 22.7 Å². The number of aliphatic hydroxyl groups excluding tert-OH is 2. The van der Waals surface area contributed by atoms with Crippen molar-refractivity contribution < 1.29 is 27.8 Å². The third-order valence-corrected chi connectivity index (χ3v) is 5.80. The Labute approximate surface area is 187 Å². The van der Waals surface area contributed by atoms with Gasteiger partial charge in [0.15, 0.2) is 5.82 Å². The fraction of sp³-hybridized carbons (Fsp3) is 0.409. The SMILES string of the molecule is Cc1nnc(N[C@H](C)c2cccc(C(F)(F)CO)c2F)c2cc(N3CC(O)C(F)C3)cnc12. The summed E-state index contributed by atoms with van der Waals surface area (Å²) in [6, 6.07) is 4.52. The quantitative estimate of drug-likeness (QED) is 0.481. The van der Waals surface area contributed by atoms with Crippen molar-refractivity contribution >= 4 is 22.4 Å². The molecule has 33 heavy (non-hydrogen) atoms. The second-order valence-corrected chi connectivity index (χ2v) is 8.15. The topological polar surface area (TPSA) is 94.4 Å². The van der Waals surface area contributed by atoms with Crippen LogP contribution in [0.25, 0.3) is 10.9 Å². The number of alkyl halides is 3. The molecule has 11 heteroatoms. The average molecular weight is 465 g/mol. The predicted molar refractivity (Wildman–Crippen MR) is 115 cm³/mol. The number of aryl methyl sites for hydroxylation is 1. The van der Waals surface area contributed by atoms with E-state index >= 15 is 0 Å². The van der Waals surface area contributed by atoms with E-state index < -0.39 is 42.2 Å². The van der Waals surface area contributed by atoms with Gasteiger partial charge in [0.1, 0.15) is 24.7 Å². The Balaban J connectivity index is 1.70. The summed E-state index contributed by atoms with van der Waals surface area (Å²) < 4.78 is 56.5. The normalized spacial score (nSPS) is 19.8. The smallest absolute Gasteiger partial charge is 0.298 e. The van der Waals surface area contributed by atoms with Gasteiger partial charge in [-0.1, -0.05) is 12.1 Å². The fourth-order valence-corrected chi connectivity index (χ4v) is 3.92. The van der Waals surface area contributed by atoms with Crippen LogP contribution in [0.2, 0.25) is 0 Å². The molecule has 3 N–H and O–H groups in total. The maximum Gasteiger partial charge on any atom is 0.298 e. The number of hydrogen-bond acceptors (Lipinski definition) is 7. The number of halogens is 4. The molecule has 0 saturated carbocycles. The molecule has 1 aliphatic heterocycles. The van der Waals surface area contributed by atoms with Crippen molar-refractivity contribution in [2.45, 2.75) is 38.1 Å². The highest BCUT2D eigenvalue weighted by Gasteiger charge is 2.35. The van der Waals surface area contributed by atoms with Gasteiger partial charge in [-0.15, -0.1) is 5.10 Å². The molecule has 0 amide bonds. The van der Waals surface area contributed by atoms with E-state index in [0.29, 0.717) is 22.3 Å². The Morgan fingerprint density at radius 2 is 2.03 bits per heavy atom. The van der Waals surface area contributed by atoms with Gasteiger partial charge >= 0.3 is 0 Å². The number of nitrogens with zero attached hydrogens (tertiary/aromatic N) is 4. The molecular formula is C22H23F4N5O2. The average Bonchev–Trinajstić information content (AvgIpc) is 3.13. The van der Waals surface area contributed by atoms with Crippen LogP contribution in [0.15, 0.2) is 30.5 Å². The highest BCUT2D eigenvalue weighted by atomic mass is 19.3. The molecule has 0 radical (unpaired) electrons. The second-order valence-electron chi connectivity index (χ2n) is 8.15. The highest BCUT2D eigenvalue weighted by molar-refractivity contribution is 5.92. The first-order chi connectivity index (χ1) is 15.6. The zero-order valence-electron chi connectivity index (χ0n) is 17.9. The first-order valence-electron chi connectivity index (χ1n) is 10.4. The number of fused-ring (bicyclic) bond motifs is 1. The lowest BCUT2D eigenvalue weighted by atomic mass is 10.00. The molecule has 2 unspecified atom stereocenters. The van der Waals surface area contributed by atoms with Crippen LogP contribution in [0.1, 0.15) is 29.8 Å². The van der Waals surface area contributed by atoms with Crippen LogP contribution >= 0.6 is 0 Å². The van der Waals surface area contributed by atoms with E-state index in [2.05, 4.69) is 20.5 Å². The second kappa shape index (κ2) is 8.71. The molecule has 0 spiro atoms. The lowest BCUT2D eigenvalue weighted by Crippen LogP contribution is -2.22. The predicted octanol–water partition coefficient (Wildman–Crippen LogP) is 3.25. The maximum absolute atomic E-state index is 14.9. The largest absolute Gasteiger partial charge is 0.390 e. The molecule has 176 valence electrons. The monoisotopic (exact) mass is 465 g/mol. The molecule has 1 saturated heterocycles. The molecule has 0 bridgehead atoms. The molecule has 3 atom stereocenters. The van der Waals surface area contributed by atoms with Crippen LogP contribution in [0.3, 0.4) is 0 Å². The Morgan fingerprint density at radius 1 is 1.27 bits per heavy atom. The number of pyridine rings is 1. The highest BCUT2D eigenvalue weighted by Crippen LogP contribution is 2.34. The summed E-state index contributed by atoms with van der Waals surface area (Å²) in [6.07, 6.45) is -0.916. The summed E-state index contributed by atoms with van der Waals surface area (Å²) in [4.78, 5) is 6.06. The van der Waals surface area contributed by atoms with Crippen molar-refractivity contribution in [1.82, 2.24) is 15.2 Å². The Kier molecular flexibility index (Phi) is 6.10. The minimum Gasteiger partial charge on any atom is -0.390 e. The van der Waals surface area contributed by atoms with Crippen molar-refractivity contribution in [2.24, 2.45) is 0 Å². The van der Waals surface area contributed by atoms with Crippen LogP contribution < -0.4 is 10.2 Å². The van der Waals surface area contributed by atoms with Gasteiger partial charge in [0.05, 0.1) is 41.2 Å². The van der Waals surface area contributed by atoms with Gasteiger partial charge in [0, 0.05) is 17.5 Å². The zero-order chi connectivity index (χ0) is 23.9. The number of aromatic nitrogens is 3. The van der Waals surface area contributed by atoms with Gasteiger partial charge < -0.3 is 20.4 Å². The standard InChI is InChI=1S/C22H23F4N5O2/c1-11(14-4-3-5-16(19(14)24)22(25,26)10-32)28-21-15-6-13(31-8-17(23)18(33)9-31)7-27-20(15)12(2)29-30-21/h3-7,11,17-18,32-33H,8-10H2,1-2H3,(H,28,30)/t11-,17?,18?/m1/s1. The van der Waals surface area contributed by atoms with Crippen LogP contribution in [-0.4, -0.2) is 57.4 Å². The summed E-state index contributed by atoms with van der Waals surface area (Å²) in [5, 5.41) is 30.4. The van der Waals surface area contributed by atoms with Crippen molar-refractivity contribution in [3.05, 3.63) is 53.1 Å². The van der Waals surface area contributed by atoms with E-state index in [4.69, 9.17) is 5.11 Å². The molecule has 1 aliphatic rings. The summed E-state index contributed by atoms with van der Waals surface area (Å²) in [5.74, 6) is -4.60. The molecule has 3 aromatic rings. The van der Waals surface area contributed by atoms with Gasteiger partial charge in [-0.25, -0.2) is 8.78 Å². The summed E-state index contributed by atoms with van der Waals surface area (Å²) in [7, 11) is 0. The van der Waals surface area contributed by atoms with Gasteiger partial charge in [-0.3, -0.25) is 4.98 Å². The molecule has 7 nitrogen and oxygen atoms in total. The first kappa shape index (κ1) is 23.1. The summed E-state index contributed by atoms with van der Waals surface area (Å²) >= 11 is 0. The van der Waals surface area contributed by atoms with Gasteiger partial charge in [-0.05, 0) is 26.0 Å². The van der Waals surface area contributed by atoms with E-state index in [1.54, 1.807) is 31.0 Å². The van der Waals surface area contributed by atoms with E-state index in [0.717, 1.165) is 6.07 Å². The van der Waals surface area contributed by atoms with Crippen LogP contribution in [0.4, 0.5) is 29.1 Å². The number of rotatable bonds is 6. The number of nitrogens with one attached hydrogen (secondary N) is 1. The van der Waals surface area contributed by atoms with Gasteiger partial charge in [0.2, 0.25) is 0 Å². The minimum absolute atomic E-state index is 0.0160. The maximum atomic E-state index is 14.9. The molecule has 0 aliphatic carbocycles. The Hall–Kier alpha value is -3.05. The lowest BCUT2D eigenvalue weighted by molar-refractivity contribution is -0.0583. The molecule has 4 rings (SSSR count). The van der Waals surface area contributed by atoms with Gasteiger partial charge in [0.25, 0.3) is 5.92 Å². The van der Waals surface area contributed by atoms with Crippen molar-refractivity contribution in [2.75, 3.05) is 29.9 Å². The summed E-state index contributed by atoms with van der Waals surface area (Å²) in [5.41, 5.74) is 0.688. The number of hydrogen-bond donors (Lipinski definition) is 3. The fourth-order valence-electron chi connectivity index (χ4n) is 3.92. The van der Waals surface area contributed by atoms with Crippen molar-refractivity contribution in [3.8, 4) is 0 Å². The number of anilines is 2. The zero-order valence-corrected chi connectivity index (χ0v) is 17.9. The van der Waals surface area contributed by atoms with Crippen LogP contribution in [-0.2, 0) is 5.92 Å². The third-order valence-electron chi connectivity index (χ3n) is 5.80. The van der Waals surface area contributed by atoms with E-state index in [1.165, 1.54) is 12.1 Å². The van der Waals surface area contributed by atoms with E-state index in [-0.39, 0.29) is 24.5 Å². The van der Waals surface area contributed by atoms with Crippen molar-refractivity contribution in [3.63, 3.8) is 0 Å². The van der Waals surface area contributed by atoms with Crippen LogP contribution in [0.5, 0.6) is 0 Å². The molecule has 2 aromatic heterocycles. The third kappa shape index (κ3) is 4.30. The molecule has 1 fully saturated rings. The molecular weight excluding hydrogens is 442 g/mol. The first-order valence-corrected chi connectivity index (χ1v) is 10.4. The summed E-state index contributed by atoms with van der Waals surface area (Å²) in [6.45, 7) is 1.91. The Bertz CT molecular complexity index is 1170. The number of aliphatic hydroxyl groups is 2. The number of benzene rings is 1. The van der Waals surface area contributed by atoms with E-state index in [1.807, 2.05) is 0 Å². The molecule has 3 heterocycles. The minimum atomic E-state index is -3.72. The molecule has 1 aromatic carbocycles. The van der Waals surface area contributed by atoms with Crippen LogP contribution in [0, 0.1) is 12.7 Å². The Morgan fingerprint density at radius 3 is 2.70 bits per heavy atom. The van der Waals surface area contributed by atoms with Gasteiger partial charge in [-0.2, -0.15) is 13.9 Å². The lowest BCUT2D eigenvalue weighted by Gasteiger charge is -2.21.